The fraction of sp³-hybridized carbons (Fsp3) is 0.318. The second-order valence-electron chi connectivity index (χ2n) is 7.42. The van der Waals surface area contributed by atoms with Crippen molar-refractivity contribution in [2.45, 2.75) is 31.0 Å². The molecule has 2 aromatic carbocycles. The van der Waals surface area contributed by atoms with E-state index in [-0.39, 0.29) is 17.2 Å². The molecule has 1 fully saturated rings. The van der Waals surface area contributed by atoms with Gasteiger partial charge in [-0.3, -0.25) is 24.4 Å². The van der Waals surface area contributed by atoms with Gasteiger partial charge in [-0.1, -0.05) is 36.4 Å². The summed E-state index contributed by atoms with van der Waals surface area (Å²) in [4.78, 5) is 25.3. The van der Waals surface area contributed by atoms with Crippen LogP contribution in [-0.2, 0) is 6.54 Å². The van der Waals surface area contributed by atoms with Crippen molar-refractivity contribution in [2.75, 3.05) is 18.8 Å². The van der Waals surface area contributed by atoms with Crippen molar-refractivity contribution in [3.63, 3.8) is 0 Å². The molecule has 2 heterocycles. The molecule has 4 rings (SSSR count). The van der Waals surface area contributed by atoms with Crippen molar-refractivity contribution in [1.82, 2.24) is 19.7 Å². The molecule has 8 nitrogen and oxygen atoms in total. The average Bonchev–Trinajstić information content (AvgIpc) is 3.21. The predicted molar refractivity (Wildman–Crippen MR) is 119 cm³/mol. The van der Waals surface area contributed by atoms with Gasteiger partial charge in [0.25, 0.3) is 5.69 Å². The van der Waals surface area contributed by atoms with Crippen molar-refractivity contribution >= 4 is 23.2 Å². The predicted octanol–water partition coefficient (Wildman–Crippen LogP) is 4.14. The van der Waals surface area contributed by atoms with E-state index in [0.717, 1.165) is 31.1 Å². The molecule has 1 aliphatic rings. The smallest absolute Gasteiger partial charge is 0.269 e. The third-order valence-electron chi connectivity index (χ3n) is 5.26. The number of Topliss-reactive ketones (excluding diaryl/α,β-unsaturated/α-hetero) is 1. The molecule has 160 valence electrons. The number of non-ortho nitro benzene ring substituents is 1. The first-order chi connectivity index (χ1) is 15.1. The largest absolute Gasteiger partial charge is 0.296 e. The van der Waals surface area contributed by atoms with Crippen LogP contribution >= 0.6 is 11.8 Å². The molecule has 0 unspecified atom stereocenters. The summed E-state index contributed by atoms with van der Waals surface area (Å²) in [7, 11) is 0. The summed E-state index contributed by atoms with van der Waals surface area (Å²) in [6.07, 6.45) is 3.67. The Labute approximate surface area is 184 Å². The Morgan fingerprint density at radius 1 is 1.00 bits per heavy atom. The second kappa shape index (κ2) is 9.84. The van der Waals surface area contributed by atoms with Gasteiger partial charge in [0, 0.05) is 23.4 Å². The summed E-state index contributed by atoms with van der Waals surface area (Å²) in [6, 6.07) is 15.6. The van der Waals surface area contributed by atoms with Gasteiger partial charge < -0.3 is 0 Å². The molecule has 1 saturated heterocycles. The van der Waals surface area contributed by atoms with Crippen LogP contribution in [0.4, 0.5) is 5.69 Å². The minimum atomic E-state index is -0.477. The average molecular weight is 438 g/mol. The zero-order chi connectivity index (χ0) is 21.6. The molecular weight excluding hydrogens is 414 g/mol. The Balaban J connectivity index is 1.52. The highest BCUT2D eigenvalue weighted by Crippen LogP contribution is 2.25. The Morgan fingerprint density at radius 2 is 1.71 bits per heavy atom. The Morgan fingerprint density at radius 3 is 2.39 bits per heavy atom. The van der Waals surface area contributed by atoms with Crippen molar-refractivity contribution < 1.29 is 9.72 Å². The molecule has 1 aromatic heterocycles. The monoisotopic (exact) mass is 437 g/mol. The third kappa shape index (κ3) is 5.18. The van der Waals surface area contributed by atoms with E-state index in [1.807, 2.05) is 34.9 Å². The zero-order valence-corrected chi connectivity index (χ0v) is 17.8. The second-order valence-corrected chi connectivity index (χ2v) is 8.36. The van der Waals surface area contributed by atoms with Crippen LogP contribution in [0.3, 0.4) is 0 Å². The number of nitro benzene ring substituents is 1. The number of hydrogen-bond donors (Lipinski definition) is 0. The van der Waals surface area contributed by atoms with Crippen LogP contribution in [0.15, 0.2) is 59.8 Å². The van der Waals surface area contributed by atoms with E-state index < -0.39 is 4.92 Å². The lowest BCUT2D eigenvalue weighted by Gasteiger charge is -2.26. The van der Waals surface area contributed by atoms with E-state index in [1.54, 1.807) is 0 Å². The number of thioether (sulfide) groups is 1. The molecule has 1 aliphatic heterocycles. The number of para-hydroxylation sites is 1. The van der Waals surface area contributed by atoms with Crippen LogP contribution in [-0.4, -0.2) is 49.2 Å². The van der Waals surface area contributed by atoms with Crippen molar-refractivity contribution in [3.8, 4) is 5.69 Å². The summed E-state index contributed by atoms with van der Waals surface area (Å²) in [6.45, 7) is 2.84. The normalized spacial score (nSPS) is 14.5. The quantitative estimate of drug-likeness (QED) is 0.226. The summed E-state index contributed by atoms with van der Waals surface area (Å²) >= 11 is 1.33. The van der Waals surface area contributed by atoms with Gasteiger partial charge in [-0.2, -0.15) is 0 Å². The first-order valence-electron chi connectivity index (χ1n) is 10.2. The number of carbonyl (C=O) groups is 1. The minimum Gasteiger partial charge on any atom is -0.296 e. The van der Waals surface area contributed by atoms with Gasteiger partial charge in [0.15, 0.2) is 16.8 Å². The maximum Gasteiger partial charge on any atom is 0.269 e. The van der Waals surface area contributed by atoms with E-state index in [1.165, 1.54) is 55.3 Å². The number of hydrogen-bond acceptors (Lipinski definition) is 7. The first kappa shape index (κ1) is 21.2. The van der Waals surface area contributed by atoms with Gasteiger partial charge in [0.05, 0.1) is 17.2 Å². The van der Waals surface area contributed by atoms with Gasteiger partial charge in [-0.05, 0) is 50.2 Å². The lowest BCUT2D eigenvalue weighted by atomic mass is 10.1. The number of carbonyl (C=O) groups excluding carboxylic acids is 1. The Bertz CT molecular complexity index is 1050. The van der Waals surface area contributed by atoms with Crippen LogP contribution in [0.25, 0.3) is 5.69 Å². The molecule has 31 heavy (non-hydrogen) atoms. The lowest BCUT2D eigenvalue weighted by molar-refractivity contribution is -0.384. The highest BCUT2D eigenvalue weighted by molar-refractivity contribution is 7.99. The van der Waals surface area contributed by atoms with Crippen molar-refractivity contribution in [3.05, 3.63) is 76.1 Å². The number of rotatable bonds is 8. The van der Waals surface area contributed by atoms with E-state index in [9.17, 15) is 14.9 Å². The van der Waals surface area contributed by atoms with Crippen LogP contribution in [0.2, 0.25) is 0 Å². The highest BCUT2D eigenvalue weighted by atomic mass is 32.2. The summed E-state index contributed by atoms with van der Waals surface area (Å²) in [5.74, 6) is 0.922. The van der Waals surface area contributed by atoms with E-state index >= 15 is 0 Å². The number of aromatic nitrogens is 3. The van der Waals surface area contributed by atoms with Crippen LogP contribution < -0.4 is 0 Å². The highest BCUT2D eigenvalue weighted by Gasteiger charge is 2.20. The van der Waals surface area contributed by atoms with Gasteiger partial charge in [-0.25, -0.2) is 0 Å². The standard InChI is InChI=1S/C22H23N5O3S/c28-20(17-9-11-19(12-10-17)27(29)30)16-31-22-24-23-21(15-25-13-5-2-6-14-25)26(22)18-7-3-1-4-8-18/h1,3-4,7-12H,2,5-6,13-16H2. The SMILES string of the molecule is O=C(CSc1nnc(CN2CCCCC2)n1-c1ccccc1)c1ccc([N+](=O)[O-])cc1. The molecule has 0 bridgehead atoms. The van der Waals surface area contributed by atoms with Crippen molar-refractivity contribution in [2.24, 2.45) is 0 Å². The maximum atomic E-state index is 12.6. The molecular formula is C22H23N5O3S. The van der Waals surface area contributed by atoms with Crippen molar-refractivity contribution in [1.29, 1.82) is 0 Å². The number of nitro groups is 1. The summed E-state index contributed by atoms with van der Waals surface area (Å²) in [5, 5.41) is 20.3. The number of benzene rings is 2. The van der Waals surface area contributed by atoms with E-state index in [4.69, 9.17) is 0 Å². The van der Waals surface area contributed by atoms with E-state index in [2.05, 4.69) is 15.1 Å². The molecule has 0 N–H and O–H groups in total. The molecule has 0 atom stereocenters. The van der Waals surface area contributed by atoms with Crippen LogP contribution in [0, 0.1) is 10.1 Å². The maximum absolute atomic E-state index is 12.6. The lowest BCUT2D eigenvalue weighted by Crippen LogP contribution is -2.30. The fourth-order valence-corrected chi connectivity index (χ4v) is 4.50. The molecule has 0 spiro atoms. The zero-order valence-electron chi connectivity index (χ0n) is 17.0. The summed E-state index contributed by atoms with van der Waals surface area (Å²) < 4.78 is 2.02. The number of likely N-dealkylation sites (tertiary alicyclic amines) is 1. The number of nitrogens with zero attached hydrogens (tertiary/aromatic N) is 5. The van der Waals surface area contributed by atoms with Gasteiger partial charge >= 0.3 is 0 Å². The molecule has 3 aromatic rings. The Hall–Kier alpha value is -3.04. The molecule has 0 saturated carbocycles. The van der Waals surface area contributed by atoms with Gasteiger partial charge in [-0.15, -0.1) is 10.2 Å². The minimum absolute atomic E-state index is 0.0321. The van der Waals surface area contributed by atoms with Crippen LogP contribution in [0.5, 0.6) is 0 Å². The number of piperidine rings is 1. The third-order valence-corrected chi connectivity index (χ3v) is 6.19. The summed E-state index contributed by atoms with van der Waals surface area (Å²) in [5.41, 5.74) is 1.37. The topological polar surface area (TPSA) is 94.2 Å². The molecule has 0 aliphatic carbocycles. The van der Waals surface area contributed by atoms with Gasteiger partial charge in [0.2, 0.25) is 0 Å². The Kier molecular flexibility index (Phi) is 6.73. The first-order valence-corrected chi connectivity index (χ1v) is 11.2. The van der Waals surface area contributed by atoms with E-state index in [0.29, 0.717) is 10.7 Å². The molecule has 0 amide bonds. The van der Waals surface area contributed by atoms with Crippen LogP contribution in [0.1, 0.15) is 35.4 Å². The fourth-order valence-electron chi connectivity index (χ4n) is 3.63. The molecule has 9 heteroatoms. The number of ketones is 1. The molecule has 0 radical (unpaired) electrons. The van der Waals surface area contributed by atoms with Gasteiger partial charge in [0.1, 0.15) is 0 Å².